The Morgan fingerprint density at radius 2 is 1.70 bits per heavy atom. The smallest absolute Gasteiger partial charge is 0.234 e. The van der Waals surface area contributed by atoms with Crippen molar-refractivity contribution in [3.63, 3.8) is 0 Å². The zero-order valence-corrected chi connectivity index (χ0v) is 16.9. The van der Waals surface area contributed by atoms with Crippen molar-refractivity contribution in [2.75, 3.05) is 39.3 Å². The summed E-state index contributed by atoms with van der Waals surface area (Å²) in [6.07, 6.45) is 15.0. The van der Waals surface area contributed by atoms with Gasteiger partial charge in [0.15, 0.2) is 0 Å². The summed E-state index contributed by atoms with van der Waals surface area (Å²) in [5, 5.41) is 3.07. The molecule has 2 saturated heterocycles. The van der Waals surface area contributed by atoms with Crippen molar-refractivity contribution in [3.8, 4) is 0 Å². The SMILES string of the molecule is O=C(CN1CCC(C(=O)N2CCCCCC2)CC1)NCCC1=CCCCC1. The molecule has 0 aromatic carbocycles. The van der Waals surface area contributed by atoms with Gasteiger partial charge in [-0.05, 0) is 70.9 Å². The molecule has 0 atom stereocenters. The molecule has 2 heterocycles. The third-order valence-electron chi connectivity index (χ3n) is 6.38. The van der Waals surface area contributed by atoms with Crippen LogP contribution in [0.3, 0.4) is 0 Å². The van der Waals surface area contributed by atoms with Gasteiger partial charge in [0, 0.05) is 25.6 Å². The number of nitrogens with zero attached hydrogens (tertiary/aromatic N) is 2. The van der Waals surface area contributed by atoms with Crippen molar-refractivity contribution >= 4 is 11.8 Å². The summed E-state index contributed by atoms with van der Waals surface area (Å²) >= 11 is 0. The molecule has 5 nitrogen and oxygen atoms in total. The average Bonchev–Trinajstić information content (AvgIpc) is 2.98. The molecule has 1 aliphatic carbocycles. The van der Waals surface area contributed by atoms with Crippen LogP contribution >= 0.6 is 0 Å². The molecule has 0 unspecified atom stereocenters. The maximum Gasteiger partial charge on any atom is 0.234 e. The fraction of sp³-hybridized carbons (Fsp3) is 0.818. The van der Waals surface area contributed by atoms with E-state index >= 15 is 0 Å². The second kappa shape index (κ2) is 10.8. The number of likely N-dealkylation sites (tertiary alicyclic amines) is 2. The lowest BCUT2D eigenvalue weighted by atomic mass is 9.95. The molecule has 152 valence electrons. The standard InChI is InChI=1S/C22H37N3O2/c26-21(23-13-10-19-8-4-3-5-9-19)18-24-16-11-20(12-17-24)22(27)25-14-6-1-2-7-15-25/h8,20H,1-7,9-18H2,(H,23,26). The molecule has 2 fully saturated rings. The Labute approximate surface area is 164 Å². The molecule has 3 rings (SSSR count). The normalized spacial score (nSPS) is 22.8. The minimum Gasteiger partial charge on any atom is -0.355 e. The van der Waals surface area contributed by atoms with Crippen molar-refractivity contribution in [1.29, 1.82) is 0 Å². The minimum atomic E-state index is 0.128. The fourth-order valence-corrected chi connectivity index (χ4v) is 4.64. The first-order valence-corrected chi connectivity index (χ1v) is 11.2. The monoisotopic (exact) mass is 375 g/mol. The first-order chi connectivity index (χ1) is 13.2. The van der Waals surface area contributed by atoms with Crippen LogP contribution in [-0.2, 0) is 9.59 Å². The summed E-state index contributed by atoms with van der Waals surface area (Å²) in [5.74, 6) is 0.658. The summed E-state index contributed by atoms with van der Waals surface area (Å²) in [7, 11) is 0. The van der Waals surface area contributed by atoms with E-state index in [0.717, 1.165) is 64.8 Å². The molecule has 2 aliphatic heterocycles. The van der Waals surface area contributed by atoms with Gasteiger partial charge < -0.3 is 10.2 Å². The Morgan fingerprint density at radius 1 is 0.963 bits per heavy atom. The Kier molecular flexibility index (Phi) is 8.18. The van der Waals surface area contributed by atoms with Gasteiger partial charge in [-0.15, -0.1) is 0 Å². The molecule has 2 amide bonds. The summed E-state index contributed by atoms with van der Waals surface area (Å²) < 4.78 is 0. The lowest BCUT2D eigenvalue weighted by Crippen LogP contribution is -2.45. The van der Waals surface area contributed by atoms with Gasteiger partial charge in [0.25, 0.3) is 0 Å². The third-order valence-corrected chi connectivity index (χ3v) is 6.38. The predicted octanol–water partition coefficient (Wildman–Crippen LogP) is 3.11. The highest BCUT2D eigenvalue weighted by molar-refractivity contribution is 5.79. The van der Waals surface area contributed by atoms with Gasteiger partial charge in [-0.3, -0.25) is 14.5 Å². The highest BCUT2D eigenvalue weighted by Crippen LogP contribution is 2.22. The van der Waals surface area contributed by atoms with Crippen LogP contribution < -0.4 is 5.32 Å². The molecule has 3 aliphatic rings. The molecular formula is C22H37N3O2. The predicted molar refractivity (Wildman–Crippen MR) is 108 cm³/mol. The highest BCUT2D eigenvalue weighted by atomic mass is 16.2. The van der Waals surface area contributed by atoms with Gasteiger partial charge in [-0.2, -0.15) is 0 Å². The van der Waals surface area contributed by atoms with Gasteiger partial charge in [0.1, 0.15) is 0 Å². The molecule has 0 saturated carbocycles. The minimum absolute atomic E-state index is 0.128. The second-order valence-corrected chi connectivity index (χ2v) is 8.50. The van der Waals surface area contributed by atoms with Crippen LogP contribution in [0.5, 0.6) is 0 Å². The zero-order valence-electron chi connectivity index (χ0n) is 16.9. The molecule has 5 heteroatoms. The van der Waals surface area contributed by atoms with E-state index in [0.29, 0.717) is 12.5 Å². The number of hydrogen-bond donors (Lipinski definition) is 1. The van der Waals surface area contributed by atoms with Gasteiger partial charge in [-0.25, -0.2) is 0 Å². The second-order valence-electron chi connectivity index (χ2n) is 8.50. The van der Waals surface area contributed by atoms with Crippen LogP contribution in [0.25, 0.3) is 0 Å². The van der Waals surface area contributed by atoms with Crippen molar-refractivity contribution < 1.29 is 9.59 Å². The number of piperidine rings is 1. The molecule has 27 heavy (non-hydrogen) atoms. The third kappa shape index (κ3) is 6.63. The van der Waals surface area contributed by atoms with Crippen molar-refractivity contribution in [2.24, 2.45) is 5.92 Å². The van der Waals surface area contributed by atoms with Crippen LogP contribution in [0.1, 0.15) is 70.6 Å². The zero-order chi connectivity index (χ0) is 18.9. The summed E-state index contributed by atoms with van der Waals surface area (Å²) in [4.78, 5) is 29.3. The lowest BCUT2D eigenvalue weighted by Gasteiger charge is -2.33. The van der Waals surface area contributed by atoms with Crippen LogP contribution in [0.2, 0.25) is 0 Å². The van der Waals surface area contributed by atoms with E-state index in [1.807, 2.05) is 0 Å². The molecule has 0 bridgehead atoms. The van der Waals surface area contributed by atoms with Crippen LogP contribution in [0, 0.1) is 5.92 Å². The van der Waals surface area contributed by atoms with E-state index in [-0.39, 0.29) is 11.8 Å². The van der Waals surface area contributed by atoms with Gasteiger partial charge in [0.05, 0.1) is 6.54 Å². The van der Waals surface area contributed by atoms with E-state index in [9.17, 15) is 9.59 Å². The summed E-state index contributed by atoms with van der Waals surface area (Å²) in [5.41, 5.74) is 1.51. The number of rotatable bonds is 6. The average molecular weight is 376 g/mol. The molecular weight excluding hydrogens is 338 g/mol. The molecule has 0 radical (unpaired) electrons. The Bertz CT molecular complexity index is 516. The first kappa shape index (κ1) is 20.4. The molecule has 0 aromatic heterocycles. The largest absolute Gasteiger partial charge is 0.355 e. The summed E-state index contributed by atoms with van der Waals surface area (Å²) in [6, 6.07) is 0. The van der Waals surface area contributed by atoms with E-state index in [2.05, 4.69) is 21.2 Å². The number of allylic oxidation sites excluding steroid dienone is 1. The number of hydrogen-bond acceptors (Lipinski definition) is 3. The Morgan fingerprint density at radius 3 is 2.37 bits per heavy atom. The van der Waals surface area contributed by atoms with E-state index in [1.165, 1.54) is 44.1 Å². The van der Waals surface area contributed by atoms with Crippen LogP contribution in [0.4, 0.5) is 0 Å². The van der Waals surface area contributed by atoms with Crippen LogP contribution in [0.15, 0.2) is 11.6 Å². The molecule has 0 aromatic rings. The quantitative estimate of drug-likeness (QED) is 0.726. The molecule has 1 N–H and O–H groups in total. The topological polar surface area (TPSA) is 52.7 Å². The lowest BCUT2D eigenvalue weighted by molar-refractivity contribution is -0.137. The number of carbonyl (C=O) groups is 2. The van der Waals surface area contributed by atoms with Gasteiger partial charge in [-0.1, -0.05) is 24.5 Å². The van der Waals surface area contributed by atoms with Crippen LogP contribution in [-0.4, -0.2) is 60.9 Å². The number of carbonyl (C=O) groups excluding carboxylic acids is 2. The van der Waals surface area contributed by atoms with Crippen molar-refractivity contribution in [3.05, 3.63) is 11.6 Å². The van der Waals surface area contributed by atoms with E-state index in [4.69, 9.17) is 0 Å². The Balaban J connectivity index is 1.32. The Hall–Kier alpha value is -1.36. The van der Waals surface area contributed by atoms with Gasteiger partial charge in [0.2, 0.25) is 11.8 Å². The first-order valence-electron chi connectivity index (χ1n) is 11.2. The van der Waals surface area contributed by atoms with Gasteiger partial charge >= 0.3 is 0 Å². The van der Waals surface area contributed by atoms with Crippen molar-refractivity contribution in [2.45, 2.75) is 70.6 Å². The van der Waals surface area contributed by atoms with Crippen molar-refractivity contribution in [1.82, 2.24) is 15.1 Å². The maximum atomic E-state index is 12.7. The highest BCUT2D eigenvalue weighted by Gasteiger charge is 2.29. The number of amides is 2. The fourth-order valence-electron chi connectivity index (χ4n) is 4.64. The molecule has 0 spiro atoms. The van der Waals surface area contributed by atoms with E-state index < -0.39 is 0 Å². The van der Waals surface area contributed by atoms with E-state index in [1.54, 1.807) is 0 Å². The number of nitrogens with one attached hydrogen (secondary N) is 1. The summed E-state index contributed by atoms with van der Waals surface area (Å²) in [6.45, 7) is 4.85. The maximum absolute atomic E-state index is 12.7.